The predicted octanol–water partition coefficient (Wildman–Crippen LogP) is 3.34. The maximum Gasteiger partial charge on any atom is 0.241 e. The van der Waals surface area contributed by atoms with E-state index in [0.717, 1.165) is 28.4 Å². The Hall–Kier alpha value is -2.86. The van der Waals surface area contributed by atoms with Crippen molar-refractivity contribution in [2.75, 3.05) is 5.32 Å². The van der Waals surface area contributed by atoms with Gasteiger partial charge in [0.15, 0.2) is 0 Å². The lowest BCUT2D eigenvalue weighted by Crippen LogP contribution is -2.40. The first-order chi connectivity index (χ1) is 12.5. The molecule has 26 heavy (non-hydrogen) atoms. The standard InChI is InChI=1S/C20H24N4O2/c1-13-18(15(3)24(4)23-13)22-20(25)14(2)21-19(17-11-8-12-26-17)16-9-6-5-7-10-16/h5-12,14,19,21H,1-4H3,(H,22,25)/t14-,19+/m0/s1. The molecule has 3 aromatic rings. The van der Waals surface area contributed by atoms with Gasteiger partial charge in [0.25, 0.3) is 0 Å². The summed E-state index contributed by atoms with van der Waals surface area (Å²) in [5.74, 6) is 0.654. The fourth-order valence-electron chi connectivity index (χ4n) is 2.96. The summed E-state index contributed by atoms with van der Waals surface area (Å²) >= 11 is 0. The van der Waals surface area contributed by atoms with Crippen molar-refractivity contribution in [3.8, 4) is 0 Å². The summed E-state index contributed by atoms with van der Waals surface area (Å²) in [5.41, 5.74) is 3.53. The summed E-state index contributed by atoms with van der Waals surface area (Å²) in [4.78, 5) is 12.7. The molecule has 3 rings (SSSR count). The second-order valence-electron chi connectivity index (χ2n) is 6.41. The molecule has 0 radical (unpaired) electrons. The Morgan fingerprint density at radius 3 is 2.46 bits per heavy atom. The summed E-state index contributed by atoms with van der Waals surface area (Å²) in [6.45, 7) is 5.66. The first-order valence-electron chi connectivity index (χ1n) is 8.63. The van der Waals surface area contributed by atoms with E-state index in [-0.39, 0.29) is 11.9 Å². The average molecular weight is 352 g/mol. The molecule has 0 spiro atoms. The molecule has 136 valence electrons. The zero-order valence-corrected chi connectivity index (χ0v) is 15.5. The van der Waals surface area contributed by atoms with E-state index in [0.29, 0.717) is 0 Å². The minimum Gasteiger partial charge on any atom is -0.467 e. The maximum absolute atomic E-state index is 12.7. The molecule has 1 amide bonds. The van der Waals surface area contributed by atoms with E-state index in [4.69, 9.17) is 4.42 Å². The summed E-state index contributed by atoms with van der Waals surface area (Å²) in [5, 5.41) is 10.7. The fourth-order valence-corrected chi connectivity index (χ4v) is 2.96. The van der Waals surface area contributed by atoms with E-state index in [9.17, 15) is 4.79 Å². The number of carbonyl (C=O) groups excluding carboxylic acids is 1. The molecule has 1 aromatic carbocycles. The van der Waals surface area contributed by atoms with Gasteiger partial charge in [-0.3, -0.25) is 14.8 Å². The number of nitrogens with zero attached hydrogens (tertiary/aromatic N) is 2. The van der Waals surface area contributed by atoms with Gasteiger partial charge in [-0.2, -0.15) is 5.10 Å². The third-order valence-corrected chi connectivity index (χ3v) is 4.53. The van der Waals surface area contributed by atoms with Gasteiger partial charge in [-0.1, -0.05) is 30.3 Å². The number of aromatic nitrogens is 2. The Kier molecular flexibility index (Phi) is 5.23. The van der Waals surface area contributed by atoms with Gasteiger partial charge in [-0.25, -0.2) is 0 Å². The number of furan rings is 1. The molecule has 2 N–H and O–H groups in total. The van der Waals surface area contributed by atoms with Crippen LogP contribution in [-0.4, -0.2) is 21.7 Å². The van der Waals surface area contributed by atoms with Crippen molar-refractivity contribution >= 4 is 11.6 Å². The molecule has 6 nitrogen and oxygen atoms in total. The summed E-state index contributed by atoms with van der Waals surface area (Å²) in [7, 11) is 1.86. The van der Waals surface area contributed by atoms with Crippen molar-refractivity contribution in [1.29, 1.82) is 0 Å². The van der Waals surface area contributed by atoms with Crippen LogP contribution in [0.2, 0.25) is 0 Å². The molecule has 2 heterocycles. The van der Waals surface area contributed by atoms with Crippen LogP contribution in [-0.2, 0) is 11.8 Å². The van der Waals surface area contributed by atoms with Crippen molar-refractivity contribution in [1.82, 2.24) is 15.1 Å². The Labute approximate surface area is 153 Å². The zero-order valence-electron chi connectivity index (χ0n) is 15.5. The fraction of sp³-hybridized carbons (Fsp3) is 0.300. The third kappa shape index (κ3) is 3.70. The topological polar surface area (TPSA) is 72.1 Å². The Morgan fingerprint density at radius 2 is 1.88 bits per heavy atom. The van der Waals surface area contributed by atoms with E-state index < -0.39 is 6.04 Å². The van der Waals surface area contributed by atoms with E-state index in [1.54, 1.807) is 10.9 Å². The van der Waals surface area contributed by atoms with Gasteiger partial charge in [0, 0.05) is 7.05 Å². The third-order valence-electron chi connectivity index (χ3n) is 4.53. The number of hydrogen-bond acceptors (Lipinski definition) is 4. The van der Waals surface area contributed by atoms with Crippen molar-refractivity contribution in [3.63, 3.8) is 0 Å². The minimum atomic E-state index is -0.427. The molecule has 0 bridgehead atoms. The molecule has 0 unspecified atom stereocenters. The van der Waals surface area contributed by atoms with Crippen molar-refractivity contribution in [2.45, 2.75) is 32.9 Å². The van der Waals surface area contributed by atoms with Crippen LogP contribution in [0.3, 0.4) is 0 Å². The highest BCUT2D eigenvalue weighted by atomic mass is 16.3. The van der Waals surface area contributed by atoms with Gasteiger partial charge < -0.3 is 9.73 Å². The summed E-state index contributed by atoms with van der Waals surface area (Å²) in [6, 6.07) is 13.1. The predicted molar refractivity (Wildman–Crippen MR) is 101 cm³/mol. The summed E-state index contributed by atoms with van der Waals surface area (Å²) in [6.07, 6.45) is 1.64. The molecule has 0 aliphatic rings. The van der Waals surface area contributed by atoms with Crippen LogP contribution in [0.1, 0.15) is 35.7 Å². The van der Waals surface area contributed by atoms with E-state index >= 15 is 0 Å². The Morgan fingerprint density at radius 1 is 1.15 bits per heavy atom. The number of hydrogen-bond donors (Lipinski definition) is 2. The van der Waals surface area contributed by atoms with E-state index in [2.05, 4.69) is 15.7 Å². The quantitative estimate of drug-likeness (QED) is 0.714. The molecule has 0 aliphatic heterocycles. The highest BCUT2D eigenvalue weighted by molar-refractivity contribution is 5.95. The van der Waals surface area contributed by atoms with Gasteiger partial charge >= 0.3 is 0 Å². The highest BCUT2D eigenvalue weighted by Gasteiger charge is 2.23. The van der Waals surface area contributed by atoms with Crippen LogP contribution in [0.25, 0.3) is 0 Å². The van der Waals surface area contributed by atoms with Crippen LogP contribution in [0.4, 0.5) is 5.69 Å². The van der Waals surface area contributed by atoms with Gasteiger partial charge in [0.1, 0.15) is 5.76 Å². The zero-order chi connectivity index (χ0) is 18.7. The molecule has 0 saturated heterocycles. The number of carbonyl (C=O) groups is 1. The van der Waals surface area contributed by atoms with E-state index in [1.807, 2.05) is 70.3 Å². The van der Waals surface area contributed by atoms with Crippen LogP contribution in [0, 0.1) is 13.8 Å². The number of aryl methyl sites for hydroxylation is 2. The molecule has 2 aromatic heterocycles. The van der Waals surface area contributed by atoms with Gasteiger partial charge in [-0.15, -0.1) is 0 Å². The average Bonchev–Trinajstić information content (AvgIpc) is 3.25. The molecule has 2 atom stereocenters. The highest BCUT2D eigenvalue weighted by Crippen LogP contribution is 2.24. The van der Waals surface area contributed by atoms with E-state index in [1.165, 1.54) is 0 Å². The number of benzene rings is 1. The monoisotopic (exact) mass is 352 g/mol. The smallest absolute Gasteiger partial charge is 0.241 e. The maximum atomic E-state index is 12.7. The number of nitrogens with one attached hydrogen (secondary N) is 2. The molecule has 6 heteroatoms. The number of amides is 1. The lowest BCUT2D eigenvalue weighted by atomic mass is 10.0. The van der Waals surface area contributed by atoms with Crippen LogP contribution < -0.4 is 10.6 Å². The van der Waals surface area contributed by atoms with Gasteiger partial charge in [0.2, 0.25) is 5.91 Å². The number of anilines is 1. The Bertz CT molecular complexity index is 869. The Balaban J connectivity index is 1.77. The lowest BCUT2D eigenvalue weighted by Gasteiger charge is -2.22. The SMILES string of the molecule is Cc1nn(C)c(C)c1NC(=O)[C@H](C)N[C@H](c1ccccc1)c1ccco1. The van der Waals surface area contributed by atoms with Crippen molar-refractivity contribution < 1.29 is 9.21 Å². The molecule has 0 aliphatic carbocycles. The second kappa shape index (κ2) is 7.58. The van der Waals surface area contributed by atoms with Gasteiger partial charge in [0.05, 0.1) is 35.4 Å². The molecular weight excluding hydrogens is 328 g/mol. The lowest BCUT2D eigenvalue weighted by molar-refractivity contribution is -0.117. The first kappa shape index (κ1) is 17.9. The van der Waals surface area contributed by atoms with Crippen molar-refractivity contribution in [3.05, 3.63) is 71.4 Å². The molecule has 0 saturated carbocycles. The molecule has 0 fully saturated rings. The normalized spacial score (nSPS) is 13.4. The minimum absolute atomic E-state index is 0.114. The summed E-state index contributed by atoms with van der Waals surface area (Å²) < 4.78 is 7.35. The number of rotatable bonds is 6. The van der Waals surface area contributed by atoms with Crippen molar-refractivity contribution in [2.24, 2.45) is 7.05 Å². The van der Waals surface area contributed by atoms with Crippen LogP contribution >= 0.6 is 0 Å². The second-order valence-corrected chi connectivity index (χ2v) is 6.41. The van der Waals surface area contributed by atoms with Crippen LogP contribution in [0.15, 0.2) is 53.1 Å². The van der Waals surface area contributed by atoms with Gasteiger partial charge in [-0.05, 0) is 38.5 Å². The first-order valence-corrected chi connectivity index (χ1v) is 8.63. The molecular formula is C20H24N4O2. The van der Waals surface area contributed by atoms with Crippen LogP contribution in [0.5, 0.6) is 0 Å². The largest absolute Gasteiger partial charge is 0.467 e.